The van der Waals surface area contributed by atoms with Crippen LogP contribution in [0.1, 0.15) is 69.8 Å². The summed E-state index contributed by atoms with van der Waals surface area (Å²) in [5, 5.41) is 15.7. The number of carbonyl (C=O) groups is 3. The third kappa shape index (κ3) is 12.2. The number of carbonyl (C=O) groups excluding carboxylic acids is 3. The van der Waals surface area contributed by atoms with Crippen LogP contribution in [0.4, 0.5) is 0 Å². The van der Waals surface area contributed by atoms with Crippen LogP contribution in [0.3, 0.4) is 0 Å². The molecule has 1 saturated carbocycles. The molecule has 0 aliphatic heterocycles. The molecule has 1 aromatic carbocycles. The van der Waals surface area contributed by atoms with Gasteiger partial charge in [-0.15, -0.1) is 13.2 Å². The average molecular weight is 513 g/mol. The molecule has 0 unspecified atom stereocenters. The SMILES string of the molecule is C=CCCC(=O)OC[C@H](CC1CCCCC1)NC(=O)[C@H](CC=C)CC(=O)N[C@@H](CO)Cc1ccccc1. The summed E-state index contributed by atoms with van der Waals surface area (Å²) in [6.07, 6.45) is 11.5. The maximum Gasteiger partial charge on any atom is 0.306 e. The molecule has 0 bridgehead atoms. The molecule has 1 fully saturated rings. The summed E-state index contributed by atoms with van der Waals surface area (Å²) in [6, 6.07) is 8.89. The Morgan fingerprint density at radius 2 is 1.76 bits per heavy atom. The minimum atomic E-state index is -0.598. The molecule has 0 radical (unpaired) electrons. The first-order chi connectivity index (χ1) is 17.9. The fourth-order valence-electron chi connectivity index (χ4n) is 4.85. The van der Waals surface area contributed by atoms with Crippen LogP contribution in [0.2, 0.25) is 0 Å². The zero-order valence-corrected chi connectivity index (χ0v) is 22.0. The van der Waals surface area contributed by atoms with Gasteiger partial charge in [0.25, 0.3) is 0 Å². The van der Waals surface area contributed by atoms with Crippen molar-refractivity contribution in [2.24, 2.45) is 11.8 Å². The highest BCUT2D eigenvalue weighted by Crippen LogP contribution is 2.27. The second kappa shape index (κ2) is 17.5. The van der Waals surface area contributed by atoms with Crippen LogP contribution < -0.4 is 10.6 Å². The van der Waals surface area contributed by atoms with Gasteiger partial charge < -0.3 is 20.5 Å². The van der Waals surface area contributed by atoms with Gasteiger partial charge in [-0.1, -0.05) is 74.6 Å². The number of aliphatic hydroxyl groups is 1. The van der Waals surface area contributed by atoms with Crippen molar-refractivity contribution < 1.29 is 24.2 Å². The summed E-state index contributed by atoms with van der Waals surface area (Å²) in [5.74, 6) is -0.967. The predicted molar refractivity (Wildman–Crippen MR) is 146 cm³/mol. The number of esters is 1. The maximum atomic E-state index is 13.2. The van der Waals surface area contributed by atoms with Crippen molar-refractivity contribution in [1.82, 2.24) is 10.6 Å². The Morgan fingerprint density at radius 1 is 1.03 bits per heavy atom. The van der Waals surface area contributed by atoms with Crippen molar-refractivity contribution in [2.45, 2.75) is 82.7 Å². The fraction of sp³-hybridized carbons (Fsp3) is 0.567. The summed E-state index contributed by atoms with van der Waals surface area (Å²) >= 11 is 0. The van der Waals surface area contributed by atoms with Gasteiger partial charge in [0, 0.05) is 12.8 Å². The highest BCUT2D eigenvalue weighted by atomic mass is 16.5. The van der Waals surface area contributed by atoms with Gasteiger partial charge in [0.05, 0.1) is 24.6 Å². The van der Waals surface area contributed by atoms with Gasteiger partial charge in [-0.25, -0.2) is 0 Å². The summed E-state index contributed by atoms with van der Waals surface area (Å²) in [5.41, 5.74) is 1.01. The van der Waals surface area contributed by atoms with Gasteiger partial charge in [-0.2, -0.15) is 0 Å². The van der Waals surface area contributed by atoms with E-state index in [9.17, 15) is 19.5 Å². The maximum absolute atomic E-state index is 13.2. The first-order valence-corrected chi connectivity index (χ1v) is 13.6. The smallest absolute Gasteiger partial charge is 0.306 e. The molecule has 0 saturated heterocycles. The third-order valence-electron chi connectivity index (χ3n) is 6.85. The molecule has 3 atom stereocenters. The number of hydrogen-bond acceptors (Lipinski definition) is 5. The Bertz CT molecular complexity index is 851. The Hall–Kier alpha value is -2.93. The highest BCUT2D eigenvalue weighted by Gasteiger charge is 2.27. The molecule has 1 aromatic rings. The predicted octanol–water partition coefficient (Wildman–Crippen LogP) is 4.25. The number of nitrogens with one attached hydrogen (secondary N) is 2. The monoisotopic (exact) mass is 512 g/mol. The van der Waals surface area contributed by atoms with Gasteiger partial charge in [-0.05, 0) is 37.2 Å². The molecule has 1 aliphatic carbocycles. The molecular formula is C30H44N2O5. The first kappa shape index (κ1) is 30.3. The molecule has 7 heteroatoms. The van der Waals surface area contributed by atoms with Crippen LogP contribution in [-0.4, -0.2) is 48.2 Å². The van der Waals surface area contributed by atoms with Crippen molar-refractivity contribution in [1.29, 1.82) is 0 Å². The van der Waals surface area contributed by atoms with E-state index in [1.165, 1.54) is 19.3 Å². The Balaban J connectivity index is 1.97. The largest absolute Gasteiger partial charge is 0.463 e. The van der Waals surface area contributed by atoms with Gasteiger partial charge in [0.1, 0.15) is 6.61 Å². The van der Waals surface area contributed by atoms with Gasteiger partial charge >= 0.3 is 5.97 Å². The Labute approximate surface area is 221 Å². The van der Waals surface area contributed by atoms with E-state index >= 15 is 0 Å². The lowest BCUT2D eigenvalue weighted by Gasteiger charge is -2.28. The minimum Gasteiger partial charge on any atom is -0.463 e. The van der Waals surface area contributed by atoms with E-state index < -0.39 is 12.0 Å². The summed E-state index contributed by atoms with van der Waals surface area (Å²) in [6.45, 7) is 7.31. The number of amides is 2. The number of benzene rings is 1. The van der Waals surface area contributed by atoms with Gasteiger partial charge in [0.15, 0.2) is 0 Å². The molecule has 2 amide bonds. The lowest BCUT2D eigenvalue weighted by molar-refractivity contribution is -0.145. The van der Waals surface area contributed by atoms with E-state index in [0.717, 1.165) is 24.8 Å². The molecule has 0 heterocycles. The summed E-state index contributed by atoms with van der Waals surface area (Å²) in [7, 11) is 0. The Kier molecular flexibility index (Phi) is 14.3. The number of ether oxygens (including phenoxy) is 1. The molecule has 204 valence electrons. The molecule has 7 nitrogen and oxygen atoms in total. The van der Waals surface area contributed by atoms with E-state index in [1.54, 1.807) is 12.2 Å². The van der Waals surface area contributed by atoms with Crippen molar-refractivity contribution in [3.8, 4) is 0 Å². The second-order valence-corrected chi connectivity index (χ2v) is 10.0. The van der Waals surface area contributed by atoms with E-state index in [2.05, 4.69) is 23.8 Å². The minimum absolute atomic E-state index is 0.0155. The second-order valence-electron chi connectivity index (χ2n) is 10.0. The standard InChI is InChI=1S/C30H44N2O5/c1-3-5-17-29(35)37-22-27(19-24-15-10-7-11-16-24)32-30(36)25(12-4-2)20-28(34)31-26(21-33)18-23-13-8-6-9-14-23/h3-4,6,8-9,13-14,24-27,33H,1-2,5,7,10-12,15-22H2,(H,31,34)(H,32,36)/t25-,26-,27+/m1/s1. The van der Waals surface area contributed by atoms with E-state index in [0.29, 0.717) is 25.2 Å². The third-order valence-corrected chi connectivity index (χ3v) is 6.85. The highest BCUT2D eigenvalue weighted by molar-refractivity contribution is 5.86. The summed E-state index contributed by atoms with van der Waals surface area (Å²) < 4.78 is 5.46. The first-order valence-electron chi connectivity index (χ1n) is 13.6. The molecule has 2 rings (SSSR count). The molecule has 3 N–H and O–H groups in total. The zero-order chi connectivity index (χ0) is 26.9. The van der Waals surface area contributed by atoms with Crippen LogP contribution in [-0.2, 0) is 25.5 Å². The van der Waals surface area contributed by atoms with E-state index in [1.807, 2.05) is 30.3 Å². The van der Waals surface area contributed by atoms with E-state index in [4.69, 9.17) is 4.74 Å². The molecule has 0 aromatic heterocycles. The molecule has 1 aliphatic rings. The summed E-state index contributed by atoms with van der Waals surface area (Å²) in [4.78, 5) is 38.1. The van der Waals surface area contributed by atoms with Crippen LogP contribution in [0.15, 0.2) is 55.6 Å². The lowest BCUT2D eigenvalue weighted by Crippen LogP contribution is -2.45. The van der Waals surface area contributed by atoms with E-state index in [-0.39, 0.29) is 49.9 Å². The van der Waals surface area contributed by atoms with Gasteiger partial charge in [-0.3, -0.25) is 14.4 Å². The van der Waals surface area contributed by atoms with Crippen molar-refractivity contribution >= 4 is 17.8 Å². The van der Waals surface area contributed by atoms with Crippen LogP contribution >= 0.6 is 0 Å². The van der Waals surface area contributed by atoms with Crippen molar-refractivity contribution in [3.05, 3.63) is 61.2 Å². The average Bonchev–Trinajstić information content (AvgIpc) is 2.91. The molecule has 37 heavy (non-hydrogen) atoms. The van der Waals surface area contributed by atoms with Crippen LogP contribution in [0, 0.1) is 11.8 Å². The normalized spacial score (nSPS) is 16.1. The quantitative estimate of drug-likeness (QED) is 0.214. The number of rotatable bonds is 17. The molecular weight excluding hydrogens is 468 g/mol. The van der Waals surface area contributed by atoms with Crippen LogP contribution in [0.25, 0.3) is 0 Å². The van der Waals surface area contributed by atoms with Crippen molar-refractivity contribution in [2.75, 3.05) is 13.2 Å². The van der Waals surface area contributed by atoms with Crippen LogP contribution in [0.5, 0.6) is 0 Å². The van der Waals surface area contributed by atoms with Gasteiger partial charge in [0.2, 0.25) is 11.8 Å². The molecule has 0 spiro atoms. The topological polar surface area (TPSA) is 105 Å². The number of hydrogen-bond donors (Lipinski definition) is 3. The lowest BCUT2D eigenvalue weighted by atomic mass is 9.84. The van der Waals surface area contributed by atoms with Crippen molar-refractivity contribution in [3.63, 3.8) is 0 Å². The number of aliphatic hydroxyl groups excluding tert-OH is 1. The Morgan fingerprint density at radius 3 is 2.41 bits per heavy atom. The number of allylic oxidation sites excluding steroid dienone is 2. The fourth-order valence-corrected chi connectivity index (χ4v) is 4.85. The zero-order valence-electron chi connectivity index (χ0n) is 22.0.